The van der Waals surface area contributed by atoms with E-state index in [9.17, 15) is 0 Å². The Morgan fingerprint density at radius 3 is 2.65 bits per heavy atom. The van der Waals surface area contributed by atoms with Crippen LogP contribution in [0.4, 0.5) is 0 Å². The highest BCUT2D eigenvalue weighted by Crippen LogP contribution is 2.69. The minimum Gasteiger partial charge on any atom is -0.316 e. The van der Waals surface area contributed by atoms with E-state index in [1.54, 1.807) is 11.3 Å². The number of nitrogens with one attached hydrogen (secondary N) is 1. The van der Waals surface area contributed by atoms with Gasteiger partial charge in [0.05, 0.1) is 5.01 Å². The van der Waals surface area contributed by atoms with E-state index in [0.29, 0.717) is 11.3 Å². The van der Waals surface area contributed by atoms with Crippen molar-refractivity contribution in [3.05, 3.63) is 16.6 Å². The van der Waals surface area contributed by atoms with Crippen molar-refractivity contribution in [2.24, 2.45) is 17.3 Å². The molecule has 0 bridgehead atoms. The monoisotopic (exact) mass is 252 g/mol. The van der Waals surface area contributed by atoms with Gasteiger partial charge in [-0.1, -0.05) is 34.6 Å². The van der Waals surface area contributed by atoms with E-state index in [4.69, 9.17) is 0 Å². The normalized spacial score (nSPS) is 30.8. The molecule has 1 N–H and O–H groups in total. The molecule has 2 atom stereocenters. The van der Waals surface area contributed by atoms with E-state index < -0.39 is 0 Å². The third-order valence-corrected chi connectivity index (χ3v) is 5.61. The Morgan fingerprint density at radius 1 is 1.41 bits per heavy atom. The van der Waals surface area contributed by atoms with Crippen LogP contribution in [0.15, 0.2) is 11.6 Å². The minimum absolute atomic E-state index is 0.269. The summed E-state index contributed by atoms with van der Waals surface area (Å²) in [5, 5.41) is 6.99. The molecule has 17 heavy (non-hydrogen) atoms. The van der Waals surface area contributed by atoms with Gasteiger partial charge in [-0.2, -0.15) is 0 Å². The van der Waals surface area contributed by atoms with Gasteiger partial charge in [-0.05, 0) is 30.3 Å². The van der Waals surface area contributed by atoms with Gasteiger partial charge in [0.2, 0.25) is 0 Å². The third-order valence-electron chi connectivity index (χ3n) is 4.60. The summed E-state index contributed by atoms with van der Waals surface area (Å²) in [5.74, 6) is 1.43. The fourth-order valence-corrected chi connectivity index (χ4v) is 4.00. The number of rotatable bonds is 5. The van der Waals surface area contributed by atoms with Crippen molar-refractivity contribution >= 4 is 11.3 Å². The predicted octanol–water partition coefficient (Wildman–Crippen LogP) is 3.30. The van der Waals surface area contributed by atoms with Crippen molar-refractivity contribution < 1.29 is 0 Å². The van der Waals surface area contributed by atoms with Gasteiger partial charge < -0.3 is 5.32 Å². The maximum Gasteiger partial charge on any atom is 0.0992 e. The number of hydrogen-bond acceptors (Lipinski definition) is 3. The first kappa shape index (κ1) is 13.0. The molecule has 0 saturated heterocycles. The summed E-state index contributed by atoms with van der Waals surface area (Å²) in [6.07, 6.45) is 1.93. The van der Waals surface area contributed by atoms with Gasteiger partial charge in [-0.3, -0.25) is 0 Å². The maximum absolute atomic E-state index is 4.53. The summed E-state index contributed by atoms with van der Waals surface area (Å²) in [6.45, 7) is 13.8. The van der Waals surface area contributed by atoms with Gasteiger partial charge in [0.15, 0.2) is 0 Å². The van der Waals surface area contributed by atoms with Gasteiger partial charge in [-0.15, -0.1) is 11.3 Å². The lowest BCUT2D eigenvalue weighted by molar-refractivity contribution is 0.485. The second kappa shape index (κ2) is 4.36. The molecule has 2 unspecified atom stereocenters. The zero-order chi connectivity index (χ0) is 12.7. The summed E-state index contributed by atoms with van der Waals surface area (Å²) in [7, 11) is 0. The van der Waals surface area contributed by atoms with Crippen LogP contribution in [0.3, 0.4) is 0 Å². The highest BCUT2D eigenvalue weighted by molar-refractivity contribution is 7.09. The average Bonchev–Trinajstić information content (AvgIpc) is 2.66. The minimum atomic E-state index is 0.269. The Kier molecular flexibility index (Phi) is 3.34. The van der Waals surface area contributed by atoms with Crippen molar-refractivity contribution in [1.29, 1.82) is 0 Å². The summed E-state index contributed by atoms with van der Waals surface area (Å²) in [6, 6.07) is 0. The molecule has 1 fully saturated rings. The smallest absolute Gasteiger partial charge is 0.0992 e. The lowest BCUT2D eigenvalue weighted by Gasteiger charge is -2.10. The first-order valence-corrected chi connectivity index (χ1v) is 7.39. The zero-order valence-electron chi connectivity index (χ0n) is 11.6. The van der Waals surface area contributed by atoms with Gasteiger partial charge in [-0.25, -0.2) is 4.98 Å². The summed E-state index contributed by atoms with van der Waals surface area (Å²) < 4.78 is 0. The zero-order valence-corrected chi connectivity index (χ0v) is 12.4. The molecular weight excluding hydrogens is 228 g/mol. The van der Waals surface area contributed by atoms with Crippen LogP contribution in [-0.2, 0) is 5.41 Å². The molecule has 1 saturated carbocycles. The second-order valence-electron chi connectivity index (χ2n) is 6.37. The van der Waals surface area contributed by atoms with Crippen LogP contribution in [0.25, 0.3) is 0 Å². The first-order valence-electron chi connectivity index (χ1n) is 6.51. The van der Waals surface area contributed by atoms with E-state index in [1.165, 1.54) is 5.01 Å². The number of thiazole rings is 1. The van der Waals surface area contributed by atoms with Gasteiger partial charge in [0.25, 0.3) is 0 Å². The topological polar surface area (TPSA) is 24.9 Å². The number of aromatic nitrogens is 1. The molecular formula is C14H24N2S. The van der Waals surface area contributed by atoms with Crippen LogP contribution in [0.5, 0.6) is 0 Å². The molecule has 1 heterocycles. The number of hydrogen-bond donors (Lipinski definition) is 1. The van der Waals surface area contributed by atoms with Crippen molar-refractivity contribution in [3.8, 4) is 0 Å². The largest absolute Gasteiger partial charge is 0.316 e. The van der Waals surface area contributed by atoms with E-state index in [2.05, 4.69) is 50.3 Å². The van der Waals surface area contributed by atoms with Crippen molar-refractivity contribution in [1.82, 2.24) is 10.3 Å². The van der Waals surface area contributed by atoms with Crippen LogP contribution in [0.2, 0.25) is 0 Å². The van der Waals surface area contributed by atoms with Crippen molar-refractivity contribution in [2.45, 2.75) is 40.0 Å². The lowest BCUT2D eigenvalue weighted by Crippen LogP contribution is -2.24. The molecule has 96 valence electrons. The molecule has 0 aromatic carbocycles. The van der Waals surface area contributed by atoms with Crippen molar-refractivity contribution in [3.63, 3.8) is 0 Å². The Hall–Kier alpha value is -0.410. The van der Waals surface area contributed by atoms with E-state index in [1.807, 2.05) is 6.20 Å². The summed E-state index contributed by atoms with van der Waals surface area (Å²) >= 11 is 1.80. The lowest BCUT2D eigenvalue weighted by atomic mass is 9.99. The Labute approximate surface area is 109 Å². The molecule has 2 nitrogen and oxygen atoms in total. The van der Waals surface area contributed by atoms with E-state index in [0.717, 1.165) is 19.0 Å². The molecule has 1 aromatic heterocycles. The van der Waals surface area contributed by atoms with Crippen molar-refractivity contribution in [2.75, 3.05) is 13.1 Å². The van der Waals surface area contributed by atoms with Gasteiger partial charge in [0.1, 0.15) is 0 Å². The summed E-state index contributed by atoms with van der Waals surface area (Å²) in [5.41, 5.74) is 0.639. The van der Waals surface area contributed by atoms with Gasteiger partial charge >= 0.3 is 0 Å². The quantitative estimate of drug-likeness (QED) is 0.869. The summed E-state index contributed by atoms with van der Waals surface area (Å²) in [4.78, 5) is 4.53. The Morgan fingerprint density at radius 2 is 2.12 bits per heavy atom. The number of nitrogens with zero attached hydrogens (tertiary/aromatic N) is 1. The highest BCUT2D eigenvalue weighted by atomic mass is 32.1. The van der Waals surface area contributed by atoms with E-state index >= 15 is 0 Å². The van der Waals surface area contributed by atoms with Crippen LogP contribution in [-0.4, -0.2) is 18.1 Å². The van der Waals surface area contributed by atoms with Crippen LogP contribution in [0, 0.1) is 17.3 Å². The molecule has 0 spiro atoms. The van der Waals surface area contributed by atoms with E-state index in [-0.39, 0.29) is 5.41 Å². The predicted molar refractivity (Wildman–Crippen MR) is 74.4 cm³/mol. The molecule has 1 aromatic rings. The highest BCUT2D eigenvalue weighted by Gasteiger charge is 2.69. The fourth-order valence-electron chi connectivity index (χ4n) is 2.98. The standard InChI is InChI=1S/C14H24N2S/c1-10(2)8-15-9-11-13(3,4)14(11,5)12-16-6-7-17-12/h6-7,10-11,15H,8-9H2,1-5H3. The fraction of sp³-hybridized carbons (Fsp3) is 0.786. The van der Waals surface area contributed by atoms with Crippen LogP contribution >= 0.6 is 11.3 Å². The van der Waals surface area contributed by atoms with Crippen LogP contribution < -0.4 is 5.32 Å². The molecule has 1 aliphatic carbocycles. The SMILES string of the molecule is CC(C)CNCC1C(C)(C)C1(C)c1nccs1. The third kappa shape index (κ3) is 2.04. The van der Waals surface area contributed by atoms with Crippen LogP contribution in [0.1, 0.15) is 39.6 Å². The first-order chi connectivity index (χ1) is 7.90. The second-order valence-corrected chi connectivity index (χ2v) is 7.26. The maximum atomic E-state index is 4.53. The molecule has 3 heteroatoms. The molecule has 2 rings (SSSR count). The Balaban J connectivity index is 2.01. The van der Waals surface area contributed by atoms with Gasteiger partial charge in [0, 0.05) is 17.0 Å². The Bertz CT molecular complexity index is 370. The molecule has 0 amide bonds. The molecule has 1 aliphatic rings. The molecule has 0 aliphatic heterocycles. The average molecular weight is 252 g/mol. The molecule has 0 radical (unpaired) electrons.